The minimum atomic E-state index is -0.482. The fraction of sp³-hybridized carbons (Fsp3) is 0.467. The number of amides is 2. The summed E-state index contributed by atoms with van der Waals surface area (Å²) in [7, 11) is 0. The molecule has 21 heavy (non-hydrogen) atoms. The van der Waals surface area contributed by atoms with Gasteiger partial charge in [0, 0.05) is 12.3 Å². The highest BCUT2D eigenvalue weighted by atomic mass is 32.1. The predicted molar refractivity (Wildman–Crippen MR) is 90.0 cm³/mol. The highest BCUT2D eigenvalue weighted by Gasteiger charge is 2.10. The van der Waals surface area contributed by atoms with Gasteiger partial charge < -0.3 is 15.7 Å². The molecule has 6 heteroatoms. The van der Waals surface area contributed by atoms with Crippen LogP contribution in [-0.4, -0.2) is 35.8 Å². The second-order valence-electron chi connectivity index (χ2n) is 3.27. The summed E-state index contributed by atoms with van der Waals surface area (Å²) in [5, 5.41) is 14.4. The lowest BCUT2D eigenvalue weighted by Gasteiger charge is -2.06. The third-order valence-corrected chi connectivity index (χ3v) is 2.22. The molecule has 5 nitrogen and oxygen atoms in total. The van der Waals surface area contributed by atoms with Crippen molar-refractivity contribution in [2.45, 2.75) is 27.7 Å². The van der Waals surface area contributed by atoms with Gasteiger partial charge in [0.1, 0.15) is 5.75 Å². The third kappa shape index (κ3) is 9.79. The van der Waals surface area contributed by atoms with E-state index >= 15 is 0 Å². The zero-order valence-corrected chi connectivity index (χ0v) is 14.0. The molecular weight excluding hydrogens is 288 g/mol. The molecule has 0 aliphatic rings. The van der Waals surface area contributed by atoms with E-state index in [4.69, 9.17) is 0 Å². The number of nitrogens with one attached hydrogen (secondary N) is 2. The first kappa shape index (κ1) is 21.6. The molecule has 0 aromatic heterocycles. The molecular formula is C15H26N2O3S. The summed E-state index contributed by atoms with van der Waals surface area (Å²) in [4.78, 5) is 22.8. The Morgan fingerprint density at radius 2 is 1.67 bits per heavy atom. The topological polar surface area (TPSA) is 78.4 Å². The Morgan fingerprint density at radius 1 is 1.10 bits per heavy atom. The van der Waals surface area contributed by atoms with Gasteiger partial charge in [-0.2, -0.15) is 12.6 Å². The Kier molecular flexibility index (Phi) is 15.1. The van der Waals surface area contributed by atoms with E-state index in [9.17, 15) is 14.7 Å². The number of thiol groups is 1. The number of phenols is 1. The van der Waals surface area contributed by atoms with Crippen molar-refractivity contribution < 1.29 is 14.7 Å². The minimum Gasteiger partial charge on any atom is -0.507 e. The molecule has 0 aliphatic carbocycles. The first-order chi connectivity index (χ1) is 10.1. The van der Waals surface area contributed by atoms with E-state index in [-0.39, 0.29) is 23.8 Å². The molecule has 0 aliphatic heterocycles. The van der Waals surface area contributed by atoms with Crippen LogP contribution >= 0.6 is 12.6 Å². The summed E-state index contributed by atoms with van der Waals surface area (Å²) in [5.41, 5.74) is 0.148. The zero-order chi connectivity index (χ0) is 16.7. The predicted octanol–water partition coefficient (Wildman–Crippen LogP) is 2.22. The van der Waals surface area contributed by atoms with Crippen molar-refractivity contribution in [2.75, 3.05) is 18.8 Å². The fourth-order valence-electron chi connectivity index (χ4n) is 1.18. The van der Waals surface area contributed by atoms with Gasteiger partial charge in [-0.3, -0.25) is 9.59 Å². The molecule has 1 aromatic carbocycles. The van der Waals surface area contributed by atoms with Crippen molar-refractivity contribution in [1.29, 1.82) is 0 Å². The minimum absolute atomic E-state index is 0.110. The number of carbonyl (C=O) groups is 2. The number of benzene rings is 1. The van der Waals surface area contributed by atoms with Crippen molar-refractivity contribution in [3.63, 3.8) is 0 Å². The number of rotatable bonds is 5. The Bertz CT molecular complexity index is 412. The van der Waals surface area contributed by atoms with E-state index in [0.29, 0.717) is 12.3 Å². The number of para-hydroxylation sites is 1. The molecule has 0 atom stereocenters. The average Bonchev–Trinajstić information content (AvgIpc) is 2.55. The first-order valence-corrected chi connectivity index (χ1v) is 7.72. The van der Waals surface area contributed by atoms with Crippen LogP contribution in [0.25, 0.3) is 0 Å². The lowest BCUT2D eigenvalue weighted by atomic mass is 10.2. The Labute approximate surface area is 132 Å². The van der Waals surface area contributed by atoms with Crippen molar-refractivity contribution in [1.82, 2.24) is 10.6 Å². The molecule has 0 unspecified atom stereocenters. The van der Waals surface area contributed by atoms with Gasteiger partial charge >= 0.3 is 0 Å². The van der Waals surface area contributed by atoms with Crippen LogP contribution in [0.5, 0.6) is 5.75 Å². The normalized spacial score (nSPS) is 8.43. The van der Waals surface area contributed by atoms with Crippen LogP contribution in [0.4, 0.5) is 0 Å². The first-order valence-electron chi connectivity index (χ1n) is 7.09. The quantitative estimate of drug-likeness (QED) is 0.629. The van der Waals surface area contributed by atoms with Crippen LogP contribution in [0.1, 0.15) is 38.1 Å². The lowest BCUT2D eigenvalue weighted by molar-refractivity contribution is -0.120. The van der Waals surface area contributed by atoms with E-state index < -0.39 is 5.91 Å². The Balaban J connectivity index is 0. The standard InChI is InChI=1S/C11H14N2O3S.2C2H6/c14-9-4-2-1-3-8(9)11(16)13-7-10(15)12-5-6-17;2*1-2/h1-4,14,17H,5-7H2,(H,12,15)(H,13,16);2*1-2H3. The number of hydrogen-bond donors (Lipinski definition) is 4. The summed E-state index contributed by atoms with van der Waals surface area (Å²) in [6.45, 7) is 8.33. The SMILES string of the molecule is CC.CC.O=C(CNC(=O)c1ccccc1O)NCCS. The van der Waals surface area contributed by atoms with Crippen molar-refractivity contribution in [2.24, 2.45) is 0 Å². The molecule has 0 saturated carbocycles. The molecule has 120 valence electrons. The monoisotopic (exact) mass is 314 g/mol. The van der Waals surface area contributed by atoms with Crippen molar-refractivity contribution in [3.05, 3.63) is 29.8 Å². The second kappa shape index (κ2) is 14.7. The largest absolute Gasteiger partial charge is 0.507 e. The van der Waals surface area contributed by atoms with Gasteiger partial charge in [0.2, 0.25) is 5.91 Å². The Hall–Kier alpha value is -1.69. The Morgan fingerprint density at radius 3 is 2.19 bits per heavy atom. The molecule has 0 fully saturated rings. The molecule has 0 saturated heterocycles. The average molecular weight is 314 g/mol. The highest BCUT2D eigenvalue weighted by Crippen LogP contribution is 2.14. The molecule has 0 spiro atoms. The summed E-state index contributed by atoms with van der Waals surface area (Å²) in [6.07, 6.45) is 0. The molecule has 0 radical (unpaired) electrons. The highest BCUT2D eigenvalue weighted by molar-refractivity contribution is 7.80. The van der Waals surface area contributed by atoms with Crippen molar-refractivity contribution in [3.8, 4) is 5.75 Å². The maximum atomic E-state index is 11.6. The maximum absolute atomic E-state index is 11.6. The molecule has 3 N–H and O–H groups in total. The van der Waals surface area contributed by atoms with Crippen LogP contribution in [0.2, 0.25) is 0 Å². The van der Waals surface area contributed by atoms with Gasteiger partial charge in [0.05, 0.1) is 12.1 Å². The molecule has 0 bridgehead atoms. The van der Waals surface area contributed by atoms with Gasteiger partial charge in [-0.25, -0.2) is 0 Å². The summed E-state index contributed by atoms with van der Waals surface area (Å²) < 4.78 is 0. The van der Waals surface area contributed by atoms with Gasteiger partial charge in [-0.05, 0) is 12.1 Å². The van der Waals surface area contributed by atoms with Gasteiger partial charge in [-0.1, -0.05) is 39.8 Å². The smallest absolute Gasteiger partial charge is 0.255 e. The van der Waals surface area contributed by atoms with Crippen molar-refractivity contribution >= 4 is 24.4 Å². The van der Waals surface area contributed by atoms with E-state index in [1.807, 2.05) is 27.7 Å². The second-order valence-corrected chi connectivity index (χ2v) is 3.72. The van der Waals surface area contributed by atoms with E-state index in [1.165, 1.54) is 12.1 Å². The van der Waals surface area contributed by atoms with Gasteiger partial charge in [0.25, 0.3) is 5.91 Å². The zero-order valence-electron chi connectivity index (χ0n) is 13.1. The van der Waals surface area contributed by atoms with Gasteiger partial charge in [-0.15, -0.1) is 0 Å². The van der Waals surface area contributed by atoms with Crippen LogP contribution in [0, 0.1) is 0 Å². The van der Waals surface area contributed by atoms with Crippen LogP contribution < -0.4 is 10.6 Å². The maximum Gasteiger partial charge on any atom is 0.255 e. The van der Waals surface area contributed by atoms with Crippen LogP contribution in [-0.2, 0) is 4.79 Å². The molecule has 1 aromatic rings. The van der Waals surface area contributed by atoms with E-state index in [0.717, 1.165) is 0 Å². The molecule has 1 rings (SSSR count). The molecule has 0 heterocycles. The number of aromatic hydroxyl groups is 1. The summed E-state index contributed by atoms with van der Waals surface area (Å²) in [6, 6.07) is 6.15. The van der Waals surface area contributed by atoms with Crippen LogP contribution in [0.15, 0.2) is 24.3 Å². The van der Waals surface area contributed by atoms with E-state index in [2.05, 4.69) is 23.3 Å². The lowest BCUT2D eigenvalue weighted by Crippen LogP contribution is -2.37. The number of phenolic OH excluding ortho intramolecular Hbond substituents is 1. The summed E-state index contributed by atoms with van der Waals surface area (Å²) in [5.74, 6) is -0.341. The van der Waals surface area contributed by atoms with Crippen LogP contribution in [0.3, 0.4) is 0 Å². The van der Waals surface area contributed by atoms with E-state index in [1.54, 1.807) is 12.1 Å². The summed E-state index contributed by atoms with van der Waals surface area (Å²) >= 11 is 3.94. The number of carbonyl (C=O) groups excluding carboxylic acids is 2. The fourth-order valence-corrected chi connectivity index (χ4v) is 1.29. The number of hydrogen-bond acceptors (Lipinski definition) is 4. The third-order valence-electron chi connectivity index (χ3n) is 1.99. The van der Waals surface area contributed by atoms with Gasteiger partial charge in [0.15, 0.2) is 0 Å². The molecule has 2 amide bonds.